The third-order valence-electron chi connectivity index (χ3n) is 3.63. The Hall–Kier alpha value is 0.114. The minimum atomic E-state index is 0. The summed E-state index contributed by atoms with van der Waals surface area (Å²) in [5.41, 5.74) is 2.76. The van der Waals surface area contributed by atoms with E-state index in [0.717, 1.165) is 26.1 Å². The number of hydrogen-bond acceptors (Lipinski definition) is 1. The van der Waals surface area contributed by atoms with Crippen molar-refractivity contribution in [2.45, 2.75) is 26.2 Å². The topological polar surface area (TPSA) is 3.24 Å². The summed E-state index contributed by atoms with van der Waals surface area (Å²) in [6.07, 6.45) is 8.90. The Morgan fingerprint density at radius 2 is 1.64 bits per heavy atom. The van der Waals surface area contributed by atoms with Gasteiger partial charge in [-0.15, -0.1) is 43.6 Å². The van der Waals surface area contributed by atoms with Gasteiger partial charge in [0, 0.05) is 25.1 Å². The standard InChI is InChI=1S/C17H22N.3ClH.V/c1-3-18(4-2)14-17(16-12-8-9-13-16)15-10-6-5-7-11-15;;;;/h5-8,10-12,17H,3-4,9,14H2,1-2H3;3*1H;/q-1;;;;. The fraction of sp³-hybridized carbons (Fsp3) is 0.412. The maximum Gasteiger partial charge on any atom is 0.00616 e. The van der Waals surface area contributed by atoms with E-state index in [2.05, 4.69) is 67.3 Å². The van der Waals surface area contributed by atoms with Gasteiger partial charge in [0.1, 0.15) is 0 Å². The van der Waals surface area contributed by atoms with Crippen LogP contribution in [0.4, 0.5) is 0 Å². The molecule has 2 rings (SSSR count). The molecule has 0 saturated carbocycles. The average Bonchev–Trinajstić information content (AvgIpc) is 2.95. The van der Waals surface area contributed by atoms with Crippen LogP contribution in [-0.4, -0.2) is 24.5 Å². The van der Waals surface area contributed by atoms with Crippen molar-refractivity contribution in [1.29, 1.82) is 0 Å². The first-order valence-electron chi connectivity index (χ1n) is 6.89. The van der Waals surface area contributed by atoms with Crippen molar-refractivity contribution < 1.29 is 18.6 Å². The Morgan fingerprint density at radius 1 is 1.05 bits per heavy atom. The number of halogens is 3. The molecule has 0 aromatic heterocycles. The summed E-state index contributed by atoms with van der Waals surface area (Å²) in [7, 11) is 0. The van der Waals surface area contributed by atoms with Crippen LogP contribution in [-0.2, 0) is 18.6 Å². The molecule has 22 heavy (non-hydrogen) atoms. The van der Waals surface area contributed by atoms with Crippen molar-refractivity contribution in [3.63, 3.8) is 0 Å². The first-order chi connectivity index (χ1) is 8.85. The molecule has 0 N–H and O–H groups in total. The van der Waals surface area contributed by atoms with E-state index in [1.165, 1.54) is 11.1 Å². The van der Waals surface area contributed by atoms with E-state index in [9.17, 15) is 0 Å². The molecule has 125 valence electrons. The van der Waals surface area contributed by atoms with E-state index in [-0.39, 0.29) is 55.8 Å². The Balaban J connectivity index is -0.000000902. The Bertz CT molecular complexity index is 431. The summed E-state index contributed by atoms with van der Waals surface area (Å²) >= 11 is 0. The molecular formula is C17H25Cl3NV-. The maximum atomic E-state index is 3.49. The quantitative estimate of drug-likeness (QED) is 0.603. The predicted octanol–water partition coefficient (Wildman–Crippen LogP) is 5.06. The van der Waals surface area contributed by atoms with Gasteiger partial charge in [-0.25, -0.2) is 11.6 Å². The van der Waals surface area contributed by atoms with E-state index in [4.69, 9.17) is 0 Å². The number of allylic oxidation sites excluding steroid dienone is 3. The first-order valence-corrected chi connectivity index (χ1v) is 6.89. The molecule has 1 aliphatic carbocycles. The Kier molecular flexibility index (Phi) is 18.0. The summed E-state index contributed by atoms with van der Waals surface area (Å²) in [5, 5.41) is 0. The number of benzene rings is 1. The van der Waals surface area contributed by atoms with Gasteiger partial charge in [-0.05, 0) is 24.6 Å². The monoisotopic (exact) mass is 399 g/mol. The van der Waals surface area contributed by atoms with Crippen molar-refractivity contribution in [1.82, 2.24) is 4.90 Å². The summed E-state index contributed by atoms with van der Waals surface area (Å²) in [6.45, 7) is 7.76. The number of hydrogen-bond donors (Lipinski definition) is 0. The molecule has 5 heteroatoms. The number of nitrogens with zero attached hydrogens (tertiary/aromatic N) is 1. The molecule has 0 spiro atoms. The molecule has 1 aromatic carbocycles. The molecule has 1 nitrogen and oxygen atoms in total. The maximum absolute atomic E-state index is 3.49. The van der Waals surface area contributed by atoms with Crippen LogP contribution in [0, 0.1) is 6.08 Å². The van der Waals surface area contributed by atoms with Gasteiger partial charge in [0.05, 0.1) is 0 Å². The zero-order chi connectivity index (χ0) is 12.8. The molecule has 0 bridgehead atoms. The largest absolute Gasteiger partial charge is 0.303 e. The molecule has 1 radical (unpaired) electrons. The third-order valence-corrected chi connectivity index (χ3v) is 3.63. The third kappa shape index (κ3) is 7.59. The van der Waals surface area contributed by atoms with Crippen molar-refractivity contribution >= 4 is 37.2 Å². The van der Waals surface area contributed by atoms with Crippen LogP contribution in [0.15, 0.2) is 48.1 Å². The molecule has 0 amide bonds. The second kappa shape index (κ2) is 14.7. The molecule has 0 saturated heterocycles. The summed E-state index contributed by atoms with van der Waals surface area (Å²) in [4.78, 5) is 2.48. The van der Waals surface area contributed by atoms with Crippen LogP contribution in [0.1, 0.15) is 31.7 Å². The first kappa shape index (κ1) is 27.0. The van der Waals surface area contributed by atoms with Gasteiger partial charge >= 0.3 is 0 Å². The zero-order valence-electron chi connectivity index (χ0n) is 13.1. The second-order valence-corrected chi connectivity index (χ2v) is 4.69. The fourth-order valence-corrected chi connectivity index (χ4v) is 2.47. The molecule has 0 heterocycles. The van der Waals surface area contributed by atoms with E-state index in [1.807, 2.05) is 0 Å². The van der Waals surface area contributed by atoms with E-state index >= 15 is 0 Å². The van der Waals surface area contributed by atoms with E-state index < -0.39 is 0 Å². The number of rotatable bonds is 6. The van der Waals surface area contributed by atoms with Gasteiger partial charge in [-0.2, -0.15) is 6.08 Å². The van der Waals surface area contributed by atoms with Crippen LogP contribution in [0.5, 0.6) is 0 Å². The normalized spacial score (nSPS) is 13.1. The molecule has 0 aliphatic heterocycles. The minimum absolute atomic E-state index is 0. The smallest absolute Gasteiger partial charge is 0.00616 e. The Morgan fingerprint density at radius 3 is 2.09 bits per heavy atom. The second-order valence-electron chi connectivity index (χ2n) is 4.69. The minimum Gasteiger partial charge on any atom is -0.303 e. The van der Waals surface area contributed by atoms with Gasteiger partial charge in [-0.3, -0.25) is 6.08 Å². The molecular weight excluding hydrogens is 375 g/mol. The number of likely N-dealkylation sites (N-methyl/N-ethyl adjacent to an activating group) is 1. The van der Waals surface area contributed by atoms with Crippen LogP contribution < -0.4 is 0 Å². The van der Waals surface area contributed by atoms with E-state index in [0.29, 0.717) is 5.92 Å². The Labute approximate surface area is 165 Å². The van der Waals surface area contributed by atoms with Crippen molar-refractivity contribution in [3.05, 3.63) is 59.7 Å². The van der Waals surface area contributed by atoms with Crippen LogP contribution in [0.3, 0.4) is 0 Å². The van der Waals surface area contributed by atoms with E-state index in [1.54, 1.807) is 0 Å². The fourth-order valence-electron chi connectivity index (χ4n) is 2.47. The van der Waals surface area contributed by atoms with Crippen molar-refractivity contribution in [2.24, 2.45) is 0 Å². The van der Waals surface area contributed by atoms with Gasteiger partial charge in [-0.1, -0.05) is 44.2 Å². The predicted molar refractivity (Wildman–Crippen MR) is 99.2 cm³/mol. The molecule has 1 aliphatic rings. The van der Waals surface area contributed by atoms with Crippen molar-refractivity contribution in [3.8, 4) is 0 Å². The van der Waals surface area contributed by atoms with Crippen molar-refractivity contribution in [2.75, 3.05) is 19.6 Å². The van der Waals surface area contributed by atoms with Crippen LogP contribution in [0.25, 0.3) is 0 Å². The summed E-state index contributed by atoms with van der Waals surface area (Å²) in [6, 6.07) is 10.8. The summed E-state index contributed by atoms with van der Waals surface area (Å²) < 4.78 is 0. The SMILES string of the molecule is CCN(CC)CC(C1=[C-]CC=C1)c1ccccc1.Cl.Cl.Cl.[V]. The van der Waals surface area contributed by atoms with Crippen LogP contribution >= 0.6 is 37.2 Å². The molecule has 1 unspecified atom stereocenters. The zero-order valence-corrected chi connectivity index (χ0v) is 16.9. The van der Waals surface area contributed by atoms with Gasteiger partial charge in [0.15, 0.2) is 0 Å². The molecule has 1 aromatic rings. The molecule has 0 fully saturated rings. The van der Waals surface area contributed by atoms with Gasteiger partial charge in [0.2, 0.25) is 0 Å². The summed E-state index contributed by atoms with van der Waals surface area (Å²) in [5.74, 6) is 0.463. The molecule has 1 atom stereocenters. The van der Waals surface area contributed by atoms with Crippen LogP contribution in [0.2, 0.25) is 0 Å². The van der Waals surface area contributed by atoms with Gasteiger partial charge in [0.25, 0.3) is 0 Å². The van der Waals surface area contributed by atoms with Gasteiger partial charge < -0.3 is 4.90 Å². The average molecular weight is 401 g/mol.